The van der Waals surface area contributed by atoms with Crippen molar-refractivity contribution in [3.63, 3.8) is 0 Å². The molecule has 2 amide bonds. The van der Waals surface area contributed by atoms with Gasteiger partial charge in [-0.25, -0.2) is 8.42 Å². The predicted molar refractivity (Wildman–Crippen MR) is 140 cm³/mol. The maximum atomic E-state index is 12.8. The first-order valence-corrected chi connectivity index (χ1v) is 13.1. The number of imide groups is 1. The van der Waals surface area contributed by atoms with Crippen molar-refractivity contribution >= 4 is 70.6 Å². The van der Waals surface area contributed by atoms with Gasteiger partial charge in [0.1, 0.15) is 0 Å². The number of nitrogens with zero attached hydrogens (tertiary/aromatic N) is 1. The summed E-state index contributed by atoms with van der Waals surface area (Å²) in [5.41, 5.74) is 1.51. The fourth-order valence-corrected chi connectivity index (χ4v) is 6.42. The summed E-state index contributed by atoms with van der Waals surface area (Å²) in [4.78, 5) is 27.0. The Morgan fingerprint density at radius 1 is 0.743 bits per heavy atom. The van der Waals surface area contributed by atoms with Crippen LogP contribution in [0.4, 0.5) is 5.69 Å². The van der Waals surface area contributed by atoms with Crippen molar-refractivity contribution in [2.45, 2.75) is 6.42 Å². The molecule has 1 aliphatic rings. The normalized spacial score (nSPS) is 14.0. The standard InChI is InChI=1S/C27H23N3O4S/c1-30(2)13-4-14-35(33,34)29-22-12-11-16-18-8-10-21-25-20(26(31)28-27(21)32)9-7-17(24(18)25)15-5-3-6-19(22)23(15)16/h3,5-12,29H,4,13-14H2,1-2H3,(H,28,31,32). The van der Waals surface area contributed by atoms with Crippen LogP contribution in [-0.4, -0.2) is 51.5 Å². The summed E-state index contributed by atoms with van der Waals surface area (Å²) in [6, 6.07) is 16.9. The highest BCUT2D eigenvalue weighted by molar-refractivity contribution is 7.92. The van der Waals surface area contributed by atoms with Gasteiger partial charge in [0, 0.05) is 21.9 Å². The van der Waals surface area contributed by atoms with Crippen LogP contribution in [0.2, 0.25) is 0 Å². The molecule has 5 aromatic rings. The van der Waals surface area contributed by atoms with Crippen LogP contribution in [0.15, 0.2) is 54.6 Å². The Balaban J connectivity index is 1.60. The third kappa shape index (κ3) is 3.32. The average Bonchev–Trinajstić information content (AvgIpc) is 2.81. The van der Waals surface area contributed by atoms with Crippen molar-refractivity contribution in [1.29, 1.82) is 0 Å². The maximum absolute atomic E-state index is 12.8. The summed E-state index contributed by atoms with van der Waals surface area (Å²) < 4.78 is 28.4. The molecule has 0 radical (unpaired) electrons. The second-order valence-electron chi connectivity index (χ2n) is 9.32. The summed E-state index contributed by atoms with van der Waals surface area (Å²) in [5.74, 6) is -0.749. The third-order valence-electron chi connectivity index (χ3n) is 6.78. The van der Waals surface area contributed by atoms with E-state index in [-0.39, 0.29) is 5.75 Å². The minimum Gasteiger partial charge on any atom is -0.309 e. The topological polar surface area (TPSA) is 95.6 Å². The average molecular weight is 486 g/mol. The first-order valence-electron chi connectivity index (χ1n) is 11.4. The molecule has 2 N–H and O–H groups in total. The largest absolute Gasteiger partial charge is 0.309 e. The van der Waals surface area contributed by atoms with E-state index in [1.807, 2.05) is 55.4 Å². The van der Waals surface area contributed by atoms with Gasteiger partial charge in [-0.05, 0) is 77.6 Å². The summed E-state index contributed by atoms with van der Waals surface area (Å²) in [5, 5.41) is 9.45. The van der Waals surface area contributed by atoms with Gasteiger partial charge in [0.25, 0.3) is 11.8 Å². The molecule has 0 aliphatic carbocycles. The smallest absolute Gasteiger partial charge is 0.258 e. The van der Waals surface area contributed by atoms with Gasteiger partial charge in [0.15, 0.2) is 0 Å². The fraction of sp³-hybridized carbons (Fsp3) is 0.185. The summed E-state index contributed by atoms with van der Waals surface area (Å²) in [6.45, 7) is 0.691. The first-order chi connectivity index (χ1) is 16.7. The van der Waals surface area contributed by atoms with Crippen molar-refractivity contribution in [2.75, 3.05) is 31.1 Å². The zero-order valence-electron chi connectivity index (χ0n) is 19.3. The molecule has 0 bridgehead atoms. The van der Waals surface area contributed by atoms with Crippen molar-refractivity contribution in [3.05, 3.63) is 65.7 Å². The lowest BCUT2D eigenvalue weighted by Gasteiger charge is -2.21. The predicted octanol–water partition coefficient (Wildman–Crippen LogP) is 4.31. The summed E-state index contributed by atoms with van der Waals surface area (Å²) in [7, 11) is 0.322. The number of sulfonamides is 1. The van der Waals surface area contributed by atoms with E-state index in [1.54, 1.807) is 18.2 Å². The van der Waals surface area contributed by atoms with Crippen LogP contribution in [-0.2, 0) is 10.0 Å². The Labute approximate surface area is 202 Å². The van der Waals surface area contributed by atoms with Gasteiger partial charge in [-0.15, -0.1) is 0 Å². The number of amides is 2. The molecule has 1 aliphatic heterocycles. The Kier molecular flexibility index (Phi) is 4.74. The quantitative estimate of drug-likeness (QED) is 0.212. The highest BCUT2D eigenvalue weighted by Gasteiger charge is 2.27. The Hall–Kier alpha value is -3.75. The highest BCUT2D eigenvalue weighted by Crippen LogP contribution is 2.44. The molecule has 8 heteroatoms. The molecular formula is C27H23N3O4S. The van der Waals surface area contributed by atoms with Gasteiger partial charge in [-0.2, -0.15) is 0 Å². The summed E-state index contributed by atoms with van der Waals surface area (Å²) in [6.07, 6.45) is 0.538. The first kappa shape index (κ1) is 21.8. The molecule has 176 valence electrons. The molecule has 0 spiro atoms. The number of hydrogen-bond acceptors (Lipinski definition) is 5. The fourth-order valence-electron chi connectivity index (χ4n) is 5.29. The molecule has 0 aromatic heterocycles. The number of nitrogens with one attached hydrogen (secondary N) is 2. The zero-order chi connectivity index (χ0) is 24.5. The third-order valence-corrected chi connectivity index (χ3v) is 8.14. The summed E-state index contributed by atoms with van der Waals surface area (Å²) >= 11 is 0. The number of carbonyl (C=O) groups excluding carboxylic acids is 2. The number of anilines is 1. The van der Waals surface area contributed by atoms with E-state index in [9.17, 15) is 18.0 Å². The number of fused-ring (bicyclic) bond motifs is 2. The van der Waals surface area contributed by atoms with Gasteiger partial charge in [0.05, 0.1) is 11.4 Å². The van der Waals surface area contributed by atoms with E-state index in [2.05, 4.69) is 10.0 Å². The molecule has 6 rings (SSSR count). The van der Waals surface area contributed by atoms with Crippen LogP contribution in [0, 0.1) is 0 Å². The van der Waals surface area contributed by atoms with E-state index in [1.165, 1.54) is 0 Å². The lowest BCUT2D eigenvalue weighted by molar-refractivity contribution is 0.0845. The van der Waals surface area contributed by atoms with Crippen LogP contribution in [0.5, 0.6) is 0 Å². The zero-order valence-corrected chi connectivity index (χ0v) is 20.1. The molecule has 7 nitrogen and oxygen atoms in total. The minimum atomic E-state index is -3.51. The van der Waals surface area contributed by atoms with E-state index >= 15 is 0 Å². The maximum Gasteiger partial charge on any atom is 0.258 e. The number of carbonyl (C=O) groups is 2. The minimum absolute atomic E-state index is 0.0396. The molecule has 0 atom stereocenters. The van der Waals surface area contributed by atoms with Crippen molar-refractivity contribution in [2.24, 2.45) is 0 Å². The molecule has 0 saturated carbocycles. The van der Waals surface area contributed by atoms with E-state index in [0.717, 1.165) is 37.7 Å². The molecule has 1 heterocycles. The van der Waals surface area contributed by atoms with Crippen LogP contribution in [0.1, 0.15) is 27.1 Å². The molecule has 0 saturated heterocycles. The van der Waals surface area contributed by atoms with Gasteiger partial charge < -0.3 is 4.90 Å². The Morgan fingerprint density at radius 3 is 1.97 bits per heavy atom. The van der Waals surface area contributed by atoms with Crippen LogP contribution in [0.25, 0.3) is 43.1 Å². The van der Waals surface area contributed by atoms with Crippen molar-refractivity contribution < 1.29 is 18.0 Å². The van der Waals surface area contributed by atoms with Crippen LogP contribution < -0.4 is 10.0 Å². The van der Waals surface area contributed by atoms with Crippen molar-refractivity contribution in [3.8, 4) is 0 Å². The Bertz CT molecular complexity index is 1740. The number of rotatable bonds is 6. The second kappa shape index (κ2) is 7.63. The van der Waals surface area contributed by atoms with E-state index in [0.29, 0.717) is 35.2 Å². The van der Waals surface area contributed by atoms with E-state index in [4.69, 9.17) is 0 Å². The number of benzene rings is 5. The second-order valence-corrected chi connectivity index (χ2v) is 11.2. The molecule has 35 heavy (non-hydrogen) atoms. The SMILES string of the molecule is CN(C)CCCS(=O)(=O)Nc1ccc2c3ccc4c5c(ccc(c6cccc1c62)c53)C(=O)NC4=O. The lowest BCUT2D eigenvalue weighted by Crippen LogP contribution is -2.34. The Morgan fingerprint density at radius 2 is 1.31 bits per heavy atom. The van der Waals surface area contributed by atoms with Gasteiger partial charge in [0.2, 0.25) is 10.0 Å². The molecular weight excluding hydrogens is 462 g/mol. The van der Waals surface area contributed by atoms with Crippen LogP contribution >= 0.6 is 0 Å². The van der Waals surface area contributed by atoms with Gasteiger partial charge in [-0.1, -0.05) is 36.4 Å². The van der Waals surface area contributed by atoms with E-state index < -0.39 is 21.8 Å². The molecule has 0 fully saturated rings. The molecule has 0 unspecified atom stereocenters. The highest BCUT2D eigenvalue weighted by atomic mass is 32.2. The number of hydrogen-bond donors (Lipinski definition) is 2. The molecule has 5 aromatic carbocycles. The van der Waals surface area contributed by atoms with Gasteiger partial charge >= 0.3 is 0 Å². The monoisotopic (exact) mass is 485 g/mol. The van der Waals surface area contributed by atoms with Crippen molar-refractivity contribution in [1.82, 2.24) is 10.2 Å². The van der Waals surface area contributed by atoms with Crippen LogP contribution in [0.3, 0.4) is 0 Å². The lowest BCUT2D eigenvalue weighted by atomic mass is 9.85. The van der Waals surface area contributed by atoms with Gasteiger partial charge in [-0.3, -0.25) is 19.6 Å².